The summed E-state index contributed by atoms with van der Waals surface area (Å²) in [6.07, 6.45) is 0. The van der Waals surface area contributed by atoms with Gasteiger partial charge in [0.2, 0.25) is 0 Å². The molecular weight excluding hydrogens is 252 g/mol. The van der Waals surface area contributed by atoms with Crippen molar-refractivity contribution < 1.29 is 4.74 Å². The van der Waals surface area contributed by atoms with E-state index in [1.165, 1.54) is 0 Å². The highest BCUT2D eigenvalue weighted by molar-refractivity contribution is 6.30. The first kappa shape index (κ1) is 12.1. The fraction of sp³-hybridized carbons (Fsp3) is 0.0833. The Morgan fingerprint density at radius 1 is 1.33 bits per heavy atom. The largest absolute Gasteiger partial charge is 0.422 e. The zero-order valence-corrected chi connectivity index (χ0v) is 10.3. The number of anilines is 1. The first-order valence-corrected chi connectivity index (χ1v) is 5.45. The molecule has 0 unspecified atom stereocenters. The fourth-order valence-electron chi connectivity index (χ4n) is 1.35. The van der Waals surface area contributed by atoms with Gasteiger partial charge >= 0.3 is 6.01 Å². The van der Waals surface area contributed by atoms with Gasteiger partial charge in [-0.25, -0.2) is 4.98 Å². The lowest BCUT2D eigenvalue weighted by molar-refractivity contribution is 0.442. The molecule has 0 aliphatic heterocycles. The first-order valence-electron chi connectivity index (χ1n) is 5.07. The Balaban J connectivity index is 2.34. The van der Waals surface area contributed by atoms with Crippen LogP contribution in [0.4, 0.5) is 5.69 Å². The van der Waals surface area contributed by atoms with Crippen LogP contribution in [0.15, 0.2) is 24.3 Å². The maximum Gasteiger partial charge on any atom is 0.323 e. The van der Waals surface area contributed by atoms with Gasteiger partial charge in [0.25, 0.3) is 0 Å². The summed E-state index contributed by atoms with van der Waals surface area (Å²) in [5.74, 6) is 0.397. The van der Waals surface area contributed by atoms with E-state index in [2.05, 4.69) is 9.97 Å². The van der Waals surface area contributed by atoms with Crippen molar-refractivity contribution in [2.45, 2.75) is 6.92 Å². The third-order valence-corrected chi connectivity index (χ3v) is 2.36. The number of benzene rings is 1. The Morgan fingerprint density at radius 2 is 2.11 bits per heavy atom. The standard InChI is InChI=1S/C12H9ClN4O/c1-7-4-9(6-14)17-12(16-7)18-11-3-2-8(13)5-10(11)15/h2-5H,15H2,1H3. The number of aromatic nitrogens is 2. The first-order chi connectivity index (χ1) is 8.58. The van der Waals surface area contributed by atoms with Gasteiger partial charge < -0.3 is 10.5 Å². The van der Waals surface area contributed by atoms with Gasteiger partial charge in [0.1, 0.15) is 11.8 Å². The van der Waals surface area contributed by atoms with Crippen molar-refractivity contribution in [3.63, 3.8) is 0 Å². The van der Waals surface area contributed by atoms with E-state index in [-0.39, 0.29) is 11.7 Å². The zero-order valence-electron chi connectivity index (χ0n) is 9.51. The molecule has 0 aliphatic carbocycles. The van der Waals surface area contributed by atoms with Crippen LogP contribution in [-0.2, 0) is 0 Å². The van der Waals surface area contributed by atoms with Crippen LogP contribution < -0.4 is 10.5 Å². The van der Waals surface area contributed by atoms with Crippen LogP contribution in [0, 0.1) is 18.3 Å². The summed E-state index contributed by atoms with van der Waals surface area (Å²) in [6.45, 7) is 1.75. The highest BCUT2D eigenvalue weighted by Crippen LogP contribution is 2.28. The summed E-state index contributed by atoms with van der Waals surface area (Å²) in [7, 11) is 0. The number of halogens is 1. The molecule has 0 saturated carbocycles. The van der Waals surface area contributed by atoms with Gasteiger partial charge in [-0.2, -0.15) is 10.2 Å². The minimum atomic E-state index is 0.0839. The molecule has 90 valence electrons. The molecule has 2 N–H and O–H groups in total. The maximum absolute atomic E-state index is 8.81. The van der Waals surface area contributed by atoms with Crippen LogP contribution >= 0.6 is 11.6 Å². The van der Waals surface area contributed by atoms with Crippen LogP contribution in [-0.4, -0.2) is 9.97 Å². The van der Waals surface area contributed by atoms with Gasteiger partial charge in [-0.05, 0) is 31.2 Å². The molecule has 0 spiro atoms. The molecule has 2 rings (SSSR count). The van der Waals surface area contributed by atoms with Crippen molar-refractivity contribution in [3.05, 3.63) is 40.7 Å². The van der Waals surface area contributed by atoms with E-state index in [1.807, 2.05) is 6.07 Å². The van der Waals surface area contributed by atoms with E-state index in [1.54, 1.807) is 31.2 Å². The molecule has 6 heteroatoms. The van der Waals surface area contributed by atoms with Crippen LogP contribution in [0.5, 0.6) is 11.8 Å². The number of ether oxygens (including phenoxy) is 1. The quantitative estimate of drug-likeness (QED) is 0.839. The van der Waals surface area contributed by atoms with Crippen molar-refractivity contribution in [1.29, 1.82) is 5.26 Å². The number of hydrogen-bond donors (Lipinski definition) is 1. The monoisotopic (exact) mass is 260 g/mol. The summed E-state index contributed by atoms with van der Waals surface area (Å²) in [5, 5.41) is 9.32. The Hall–Kier alpha value is -2.32. The molecule has 0 amide bonds. The third kappa shape index (κ3) is 2.67. The molecule has 1 heterocycles. The van der Waals surface area contributed by atoms with Gasteiger partial charge in [0.05, 0.1) is 5.69 Å². The molecule has 0 saturated heterocycles. The van der Waals surface area contributed by atoms with Gasteiger partial charge in [-0.1, -0.05) is 11.6 Å². The molecule has 0 aliphatic rings. The number of hydrogen-bond acceptors (Lipinski definition) is 5. The van der Waals surface area contributed by atoms with E-state index in [9.17, 15) is 0 Å². The molecule has 0 bridgehead atoms. The smallest absolute Gasteiger partial charge is 0.323 e. The number of nitrogen functional groups attached to an aromatic ring is 1. The summed E-state index contributed by atoms with van der Waals surface area (Å²) in [6, 6.07) is 8.42. The minimum absolute atomic E-state index is 0.0839. The van der Waals surface area contributed by atoms with Gasteiger partial charge in [0.15, 0.2) is 5.75 Å². The van der Waals surface area contributed by atoms with Crippen molar-refractivity contribution in [2.24, 2.45) is 0 Å². The summed E-state index contributed by atoms with van der Waals surface area (Å²) in [4.78, 5) is 8.00. The Bertz CT molecular complexity index is 636. The number of nitrogens with zero attached hydrogens (tertiary/aromatic N) is 3. The average Bonchev–Trinajstić information content (AvgIpc) is 2.32. The van der Waals surface area contributed by atoms with Crippen molar-refractivity contribution in [2.75, 3.05) is 5.73 Å². The highest BCUT2D eigenvalue weighted by Gasteiger charge is 2.07. The van der Waals surface area contributed by atoms with E-state index < -0.39 is 0 Å². The van der Waals surface area contributed by atoms with E-state index in [0.717, 1.165) is 0 Å². The second kappa shape index (κ2) is 4.90. The van der Waals surface area contributed by atoms with E-state index in [4.69, 9.17) is 27.3 Å². The summed E-state index contributed by atoms with van der Waals surface area (Å²) >= 11 is 5.78. The predicted octanol–water partition coefficient (Wildman–Crippen LogP) is 2.68. The van der Waals surface area contributed by atoms with Crippen LogP contribution in [0.25, 0.3) is 0 Å². The second-order valence-corrected chi connectivity index (χ2v) is 4.01. The van der Waals surface area contributed by atoms with E-state index >= 15 is 0 Å². The van der Waals surface area contributed by atoms with Gasteiger partial charge in [-0.3, -0.25) is 0 Å². The number of rotatable bonds is 2. The van der Waals surface area contributed by atoms with Gasteiger partial charge in [-0.15, -0.1) is 0 Å². The average molecular weight is 261 g/mol. The fourth-order valence-corrected chi connectivity index (χ4v) is 1.54. The molecule has 0 radical (unpaired) electrons. The number of nitrogens with two attached hydrogens (primary N) is 1. The normalized spacial score (nSPS) is 9.83. The minimum Gasteiger partial charge on any atom is -0.422 e. The predicted molar refractivity (Wildman–Crippen MR) is 67.4 cm³/mol. The van der Waals surface area contributed by atoms with Crippen molar-refractivity contribution in [1.82, 2.24) is 9.97 Å². The number of aryl methyl sites for hydroxylation is 1. The van der Waals surface area contributed by atoms with Crippen molar-refractivity contribution >= 4 is 17.3 Å². The third-order valence-electron chi connectivity index (χ3n) is 2.12. The molecule has 5 nitrogen and oxygen atoms in total. The zero-order chi connectivity index (χ0) is 13.1. The second-order valence-electron chi connectivity index (χ2n) is 3.57. The van der Waals surface area contributed by atoms with E-state index in [0.29, 0.717) is 22.2 Å². The molecular formula is C12H9ClN4O. The molecule has 1 aromatic heterocycles. The maximum atomic E-state index is 8.81. The van der Waals surface area contributed by atoms with Gasteiger partial charge in [0, 0.05) is 10.7 Å². The molecule has 1 aromatic carbocycles. The lowest BCUT2D eigenvalue weighted by Gasteiger charge is -2.07. The van der Waals surface area contributed by atoms with Crippen LogP contribution in [0.2, 0.25) is 5.02 Å². The summed E-state index contributed by atoms with van der Waals surface area (Å²) < 4.78 is 5.43. The molecule has 18 heavy (non-hydrogen) atoms. The SMILES string of the molecule is Cc1cc(C#N)nc(Oc2ccc(Cl)cc2N)n1. The van der Waals surface area contributed by atoms with Crippen LogP contribution in [0.1, 0.15) is 11.4 Å². The lowest BCUT2D eigenvalue weighted by Crippen LogP contribution is -1.98. The number of nitriles is 1. The Labute approximate surface area is 109 Å². The lowest BCUT2D eigenvalue weighted by atomic mass is 10.3. The molecule has 0 atom stereocenters. The Morgan fingerprint density at radius 3 is 2.78 bits per heavy atom. The topological polar surface area (TPSA) is 84.8 Å². The molecule has 2 aromatic rings. The Kier molecular flexibility index (Phi) is 3.31. The van der Waals surface area contributed by atoms with Crippen molar-refractivity contribution in [3.8, 4) is 17.8 Å². The van der Waals surface area contributed by atoms with Crippen LogP contribution in [0.3, 0.4) is 0 Å². The summed E-state index contributed by atoms with van der Waals surface area (Å²) in [5.41, 5.74) is 7.01. The molecule has 0 fully saturated rings. The highest BCUT2D eigenvalue weighted by atomic mass is 35.5.